The predicted octanol–water partition coefficient (Wildman–Crippen LogP) is 2.82. The molecule has 1 aromatic heterocycles. The summed E-state index contributed by atoms with van der Waals surface area (Å²) in [7, 11) is 1.47. The number of benzene rings is 1. The Morgan fingerprint density at radius 1 is 1.33 bits per heavy atom. The Morgan fingerprint density at radius 2 is 2.13 bits per heavy atom. The second kappa shape index (κ2) is 8.94. The van der Waals surface area contributed by atoms with E-state index in [2.05, 4.69) is 15.2 Å². The third-order valence-electron chi connectivity index (χ3n) is 5.54. The van der Waals surface area contributed by atoms with Crippen molar-refractivity contribution in [2.24, 2.45) is 21.7 Å². The van der Waals surface area contributed by atoms with Crippen LogP contribution >= 0.6 is 0 Å². The lowest BCUT2D eigenvalue weighted by atomic mass is 9.86. The maximum Gasteiger partial charge on any atom is 0.247 e. The number of hydrazone groups is 1. The minimum atomic E-state index is -0.327. The molecular weight excluding hydrogens is 380 g/mol. The molecule has 2 aliphatic rings. The molecule has 1 aliphatic heterocycles. The summed E-state index contributed by atoms with van der Waals surface area (Å²) in [5, 5.41) is 10.9. The fourth-order valence-corrected chi connectivity index (χ4v) is 3.60. The molecule has 2 N–H and O–H groups in total. The number of methoxy groups -OCH3 is 1. The molecule has 0 spiro atoms. The van der Waals surface area contributed by atoms with Crippen LogP contribution in [0.3, 0.4) is 0 Å². The summed E-state index contributed by atoms with van der Waals surface area (Å²) in [6, 6.07) is 9.39. The fourth-order valence-electron chi connectivity index (χ4n) is 3.60. The quantitative estimate of drug-likeness (QED) is 0.713. The van der Waals surface area contributed by atoms with E-state index in [0.717, 1.165) is 12.2 Å². The Morgan fingerprint density at radius 3 is 2.80 bits per heavy atom. The predicted molar refractivity (Wildman–Crippen MR) is 119 cm³/mol. The minimum Gasteiger partial charge on any atom is -0.491 e. The van der Waals surface area contributed by atoms with E-state index in [0.29, 0.717) is 23.7 Å². The van der Waals surface area contributed by atoms with Crippen LogP contribution in [0.1, 0.15) is 37.4 Å². The number of para-hydroxylation sites is 1. The van der Waals surface area contributed by atoms with Crippen LogP contribution in [0, 0.1) is 5.92 Å². The lowest BCUT2D eigenvalue weighted by molar-refractivity contribution is 0.326. The zero-order valence-electron chi connectivity index (χ0n) is 17.0. The first-order valence-electron chi connectivity index (χ1n) is 10.2. The Hall–Kier alpha value is -3.42. The summed E-state index contributed by atoms with van der Waals surface area (Å²) >= 11 is 0. The highest BCUT2D eigenvalue weighted by atomic mass is 16.5. The Balaban J connectivity index is 1.67. The van der Waals surface area contributed by atoms with Gasteiger partial charge in [0.15, 0.2) is 5.75 Å². The van der Waals surface area contributed by atoms with Crippen LogP contribution in [0.4, 0.5) is 5.69 Å². The molecule has 30 heavy (non-hydrogen) atoms. The van der Waals surface area contributed by atoms with Crippen molar-refractivity contribution in [1.82, 2.24) is 9.78 Å². The van der Waals surface area contributed by atoms with Crippen molar-refractivity contribution in [1.29, 1.82) is 0 Å². The van der Waals surface area contributed by atoms with Crippen molar-refractivity contribution in [3.8, 4) is 5.75 Å². The first-order valence-corrected chi connectivity index (χ1v) is 10.2. The van der Waals surface area contributed by atoms with Crippen LogP contribution in [0.25, 0.3) is 5.70 Å². The molecule has 0 amide bonds. The van der Waals surface area contributed by atoms with Crippen molar-refractivity contribution in [3.05, 3.63) is 58.6 Å². The normalized spacial score (nSPS) is 19.4. The monoisotopic (exact) mass is 406 g/mol. The first kappa shape index (κ1) is 19.9. The standard InChI is InChI=1S/C22H26N6O2/c1-30-20-15-27(18(12-23)14-24-13-16-6-5-7-16)26-21(22(20)29)19-10-11-25-28(19)17-8-3-2-4-9-17/h2-4,8-9,11-12,14-16,19H,5-7,10,13,23H2,1H3. The highest BCUT2D eigenvalue weighted by Crippen LogP contribution is 2.31. The summed E-state index contributed by atoms with van der Waals surface area (Å²) in [5.74, 6) is 0.856. The molecular formula is C22H26N6O2. The van der Waals surface area contributed by atoms with Crippen molar-refractivity contribution >= 4 is 23.8 Å². The molecule has 156 valence electrons. The smallest absolute Gasteiger partial charge is 0.247 e. The van der Waals surface area contributed by atoms with E-state index < -0.39 is 0 Å². The minimum absolute atomic E-state index is 0.201. The molecule has 8 heteroatoms. The van der Waals surface area contributed by atoms with E-state index in [1.54, 1.807) is 23.3 Å². The van der Waals surface area contributed by atoms with Gasteiger partial charge < -0.3 is 10.5 Å². The molecule has 0 bridgehead atoms. The van der Waals surface area contributed by atoms with Gasteiger partial charge >= 0.3 is 0 Å². The molecule has 1 unspecified atom stereocenters. The van der Waals surface area contributed by atoms with Gasteiger partial charge in [0.25, 0.3) is 0 Å². The van der Waals surface area contributed by atoms with Gasteiger partial charge in [-0.25, -0.2) is 4.68 Å². The number of hydrogen-bond acceptors (Lipinski definition) is 7. The van der Waals surface area contributed by atoms with E-state index in [4.69, 9.17) is 10.5 Å². The SMILES string of the molecule is COc1cn(C(C=NCC2CCC2)=CN)nc(C2CC=NN2c2ccccc2)c1=O. The van der Waals surface area contributed by atoms with E-state index in [1.165, 1.54) is 32.6 Å². The number of allylic oxidation sites excluding steroid dienone is 1. The van der Waals surface area contributed by atoms with E-state index >= 15 is 0 Å². The molecule has 2 heterocycles. The number of nitrogens with zero attached hydrogens (tertiary/aromatic N) is 5. The van der Waals surface area contributed by atoms with Gasteiger partial charge in [-0.2, -0.15) is 10.2 Å². The highest BCUT2D eigenvalue weighted by molar-refractivity contribution is 6.01. The molecule has 1 aromatic carbocycles. The summed E-state index contributed by atoms with van der Waals surface area (Å²) in [6.45, 7) is 0.778. The second-order valence-electron chi connectivity index (χ2n) is 7.47. The molecule has 8 nitrogen and oxygen atoms in total. The average molecular weight is 406 g/mol. The lowest BCUT2D eigenvalue weighted by Gasteiger charge is -2.24. The largest absolute Gasteiger partial charge is 0.491 e. The van der Waals surface area contributed by atoms with Crippen molar-refractivity contribution in [2.45, 2.75) is 31.7 Å². The Kier molecular flexibility index (Phi) is 5.92. The number of aliphatic imine (C=N–C) groups is 1. The molecule has 4 rings (SSSR count). The molecule has 1 atom stereocenters. The third kappa shape index (κ3) is 3.98. The van der Waals surface area contributed by atoms with Gasteiger partial charge in [0, 0.05) is 31.6 Å². The van der Waals surface area contributed by atoms with Gasteiger partial charge in [-0.05, 0) is 30.9 Å². The van der Waals surface area contributed by atoms with Crippen molar-refractivity contribution < 1.29 is 4.74 Å². The number of ether oxygens (including phenoxy) is 1. The summed E-state index contributed by atoms with van der Waals surface area (Å²) < 4.78 is 6.90. The zero-order chi connectivity index (χ0) is 20.9. The maximum absolute atomic E-state index is 13.0. The molecule has 0 radical (unpaired) electrons. The van der Waals surface area contributed by atoms with E-state index in [1.807, 2.05) is 35.3 Å². The first-order chi connectivity index (χ1) is 14.7. The number of aromatic nitrogens is 2. The second-order valence-corrected chi connectivity index (χ2v) is 7.47. The maximum atomic E-state index is 13.0. The summed E-state index contributed by atoms with van der Waals surface area (Å²) in [6.07, 6.45) is 10.8. The third-order valence-corrected chi connectivity index (χ3v) is 5.54. The van der Waals surface area contributed by atoms with Gasteiger partial charge in [0.05, 0.1) is 24.7 Å². The van der Waals surface area contributed by atoms with E-state index in [-0.39, 0.29) is 17.2 Å². The van der Waals surface area contributed by atoms with Gasteiger partial charge in [0.2, 0.25) is 5.43 Å². The molecule has 2 aromatic rings. The summed E-state index contributed by atoms with van der Waals surface area (Å²) in [4.78, 5) is 17.5. The average Bonchev–Trinajstić information content (AvgIpc) is 3.23. The van der Waals surface area contributed by atoms with Crippen LogP contribution in [-0.2, 0) is 0 Å². The Labute approximate surface area is 175 Å². The molecule has 1 aliphatic carbocycles. The van der Waals surface area contributed by atoms with Crippen molar-refractivity contribution in [3.63, 3.8) is 0 Å². The number of anilines is 1. The number of rotatable bonds is 7. The number of hydrogen-bond donors (Lipinski definition) is 1. The summed E-state index contributed by atoms with van der Waals surface area (Å²) in [5.41, 5.74) is 7.42. The zero-order valence-corrected chi connectivity index (χ0v) is 17.0. The van der Waals surface area contributed by atoms with Gasteiger partial charge in [-0.3, -0.25) is 14.8 Å². The fraction of sp³-hybridized carbons (Fsp3) is 0.364. The van der Waals surface area contributed by atoms with Crippen LogP contribution in [0.5, 0.6) is 5.75 Å². The van der Waals surface area contributed by atoms with Gasteiger partial charge in [-0.15, -0.1) is 0 Å². The van der Waals surface area contributed by atoms with Gasteiger partial charge in [-0.1, -0.05) is 24.6 Å². The number of nitrogens with two attached hydrogens (primary N) is 1. The topological polar surface area (TPSA) is 98.1 Å². The van der Waals surface area contributed by atoms with Crippen LogP contribution < -0.4 is 20.9 Å². The van der Waals surface area contributed by atoms with Crippen LogP contribution in [0.15, 0.2) is 57.6 Å². The van der Waals surface area contributed by atoms with Crippen LogP contribution in [0.2, 0.25) is 0 Å². The Bertz CT molecular complexity index is 1020. The lowest BCUT2D eigenvalue weighted by Crippen LogP contribution is -2.29. The van der Waals surface area contributed by atoms with Crippen LogP contribution in [-0.4, -0.2) is 35.9 Å². The molecule has 1 fully saturated rings. The van der Waals surface area contributed by atoms with Gasteiger partial charge in [0.1, 0.15) is 11.7 Å². The highest BCUT2D eigenvalue weighted by Gasteiger charge is 2.29. The van der Waals surface area contributed by atoms with Crippen molar-refractivity contribution in [2.75, 3.05) is 18.7 Å². The molecule has 1 saturated carbocycles. The molecule has 0 saturated heterocycles. The van der Waals surface area contributed by atoms with E-state index in [9.17, 15) is 4.79 Å².